The van der Waals surface area contributed by atoms with E-state index in [1.807, 2.05) is 0 Å². The number of carbonyl (C=O) groups excluding carboxylic acids is 3. The first-order valence-electron chi connectivity index (χ1n) is 27.1. The van der Waals surface area contributed by atoms with Crippen LogP contribution in [0.5, 0.6) is 0 Å². The summed E-state index contributed by atoms with van der Waals surface area (Å²) in [6.07, 6.45) is 62.4. The van der Waals surface area contributed by atoms with Gasteiger partial charge in [-0.05, 0) is 77.0 Å². The van der Waals surface area contributed by atoms with Gasteiger partial charge in [-0.15, -0.1) is 0 Å². The standard InChI is InChI=1S/C57H102O6/c1-4-7-10-13-16-19-22-24-26-28-30-32-35-37-40-43-46-49-55(58)61-52-54(63-57(60)51-48-45-42-39-34-21-18-15-12-9-6-3)53-62-56(59)50-47-44-41-38-36-33-31-29-27-25-23-20-17-14-11-8-5-2/h24-27,30,32,37,40,54H,4-23,28-29,31,33-36,38-39,41-53H2,1-3H3/b26-24-,27-25-,32-30-,40-37-/t54-/m1/s1. The molecule has 6 nitrogen and oxygen atoms in total. The number of carbonyl (C=O) groups is 3. The first-order valence-corrected chi connectivity index (χ1v) is 27.1. The predicted molar refractivity (Wildman–Crippen MR) is 270 cm³/mol. The summed E-state index contributed by atoms with van der Waals surface area (Å²) in [6.45, 7) is 6.59. The minimum absolute atomic E-state index is 0.0886. The van der Waals surface area contributed by atoms with Crippen LogP contribution in [0.1, 0.15) is 278 Å². The molecule has 63 heavy (non-hydrogen) atoms. The molecule has 0 aromatic heterocycles. The molecule has 0 unspecified atom stereocenters. The Morgan fingerprint density at radius 3 is 0.968 bits per heavy atom. The molecule has 0 rings (SSSR count). The van der Waals surface area contributed by atoms with Gasteiger partial charge in [0.1, 0.15) is 13.2 Å². The van der Waals surface area contributed by atoms with E-state index in [0.717, 1.165) is 57.8 Å². The smallest absolute Gasteiger partial charge is 0.306 e. The van der Waals surface area contributed by atoms with Gasteiger partial charge in [0.15, 0.2) is 6.10 Å². The Bertz CT molecular complexity index is 1110. The molecule has 0 N–H and O–H groups in total. The van der Waals surface area contributed by atoms with E-state index in [4.69, 9.17) is 14.2 Å². The summed E-state index contributed by atoms with van der Waals surface area (Å²) < 4.78 is 16.8. The third kappa shape index (κ3) is 50.2. The lowest BCUT2D eigenvalue weighted by atomic mass is 10.1. The zero-order chi connectivity index (χ0) is 45.8. The fraction of sp³-hybridized carbons (Fsp3) is 0.807. The van der Waals surface area contributed by atoms with Crippen LogP contribution in [0.25, 0.3) is 0 Å². The van der Waals surface area contributed by atoms with E-state index >= 15 is 0 Å². The van der Waals surface area contributed by atoms with Crippen molar-refractivity contribution in [3.8, 4) is 0 Å². The van der Waals surface area contributed by atoms with Crippen LogP contribution in [-0.2, 0) is 28.6 Å². The van der Waals surface area contributed by atoms with Crippen molar-refractivity contribution in [2.75, 3.05) is 13.2 Å². The largest absolute Gasteiger partial charge is 0.462 e. The van der Waals surface area contributed by atoms with Crippen LogP contribution in [0.3, 0.4) is 0 Å². The quantitative estimate of drug-likeness (QED) is 0.0262. The van der Waals surface area contributed by atoms with E-state index < -0.39 is 6.10 Å². The molecule has 0 aromatic carbocycles. The van der Waals surface area contributed by atoms with Gasteiger partial charge in [-0.25, -0.2) is 0 Å². The first kappa shape index (κ1) is 60.4. The Labute approximate surface area is 390 Å². The maximum absolute atomic E-state index is 12.8. The highest BCUT2D eigenvalue weighted by Gasteiger charge is 2.19. The van der Waals surface area contributed by atoms with E-state index in [0.29, 0.717) is 25.7 Å². The predicted octanol–water partition coefficient (Wildman–Crippen LogP) is 17.9. The average molecular weight is 883 g/mol. The molecule has 0 bridgehead atoms. The van der Waals surface area contributed by atoms with Gasteiger partial charge < -0.3 is 14.2 Å². The summed E-state index contributed by atoms with van der Waals surface area (Å²) in [5.41, 5.74) is 0. The van der Waals surface area contributed by atoms with Crippen molar-refractivity contribution in [1.29, 1.82) is 0 Å². The molecule has 0 saturated carbocycles. The van der Waals surface area contributed by atoms with Gasteiger partial charge in [-0.2, -0.15) is 0 Å². The van der Waals surface area contributed by atoms with Gasteiger partial charge in [0, 0.05) is 19.3 Å². The molecule has 0 aliphatic heterocycles. The molecule has 0 radical (unpaired) electrons. The zero-order valence-corrected chi connectivity index (χ0v) is 41.8. The minimum atomic E-state index is -0.791. The van der Waals surface area contributed by atoms with Gasteiger partial charge in [-0.3, -0.25) is 14.4 Å². The van der Waals surface area contributed by atoms with Crippen LogP contribution in [-0.4, -0.2) is 37.2 Å². The maximum Gasteiger partial charge on any atom is 0.306 e. The molecule has 6 heteroatoms. The van der Waals surface area contributed by atoms with E-state index in [2.05, 4.69) is 69.4 Å². The van der Waals surface area contributed by atoms with Crippen molar-refractivity contribution in [2.45, 2.75) is 284 Å². The van der Waals surface area contributed by atoms with E-state index in [-0.39, 0.29) is 31.1 Å². The Kier molecular flexibility index (Phi) is 49.8. The summed E-state index contributed by atoms with van der Waals surface area (Å²) in [5, 5.41) is 0. The number of ether oxygens (including phenoxy) is 3. The normalized spacial score (nSPS) is 12.4. The fourth-order valence-electron chi connectivity index (χ4n) is 7.69. The van der Waals surface area contributed by atoms with Crippen molar-refractivity contribution in [3.05, 3.63) is 48.6 Å². The van der Waals surface area contributed by atoms with Crippen LogP contribution in [0, 0.1) is 0 Å². The van der Waals surface area contributed by atoms with E-state index in [9.17, 15) is 14.4 Å². The molecule has 0 aromatic rings. The van der Waals surface area contributed by atoms with E-state index in [1.165, 1.54) is 173 Å². The van der Waals surface area contributed by atoms with Crippen molar-refractivity contribution >= 4 is 17.9 Å². The highest BCUT2D eigenvalue weighted by atomic mass is 16.6. The van der Waals surface area contributed by atoms with Crippen molar-refractivity contribution < 1.29 is 28.6 Å². The zero-order valence-electron chi connectivity index (χ0n) is 41.8. The van der Waals surface area contributed by atoms with Gasteiger partial charge in [-0.1, -0.05) is 230 Å². The maximum atomic E-state index is 12.8. The lowest BCUT2D eigenvalue weighted by Gasteiger charge is -2.18. The summed E-state index contributed by atoms with van der Waals surface area (Å²) in [5.74, 6) is -0.939. The number of hydrogen-bond acceptors (Lipinski definition) is 6. The monoisotopic (exact) mass is 883 g/mol. The molecule has 0 fully saturated rings. The van der Waals surface area contributed by atoms with Crippen molar-refractivity contribution in [2.24, 2.45) is 0 Å². The van der Waals surface area contributed by atoms with Crippen LogP contribution < -0.4 is 0 Å². The Hall–Kier alpha value is -2.63. The third-order valence-corrected chi connectivity index (χ3v) is 11.8. The minimum Gasteiger partial charge on any atom is -0.462 e. The van der Waals surface area contributed by atoms with Crippen LogP contribution in [0.2, 0.25) is 0 Å². The van der Waals surface area contributed by atoms with Gasteiger partial charge in [0.2, 0.25) is 0 Å². The lowest BCUT2D eigenvalue weighted by Crippen LogP contribution is -2.30. The Morgan fingerprint density at radius 1 is 0.317 bits per heavy atom. The van der Waals surface area contributed by atoms with Crippen molar-refractivity contribution in [3.63, 3.8) is 0 Å². The second-order valence-corrected chi connectivity index (χ2v) is 18.1. The SMILES string of the molecule is CCCCCCCC/C=C\C/C=C\C/C=C\CCCC(=O)OC[C@H](COC(=O)CCCCCCCCC/C=C\CCCCCCCC)OC(=O)CCCCCCCCCCCCC. The second-order valence-electron chi connectivity index (χ2n) is 18.1. The molecular formula is C57H102O6. The molecule has 366 valence electrons. The Morgan fingerprint density at radius 2 is 0.587 bits per heavy atom. The highest BCUT2D eigenvalue weighted by molar-refractivity contribution is 5.71. The van der Waals surface area contributed by atoms with Crippen LogP contribution in [0.4, 0.5) is 0 Å². The molecule has 0 saturated heterocycles. The second kappa shape index (κ2) is 52.0. The number of allylic oxidation sites excluding steroid dienone is 8. The molecule has 0 amide bonds. The van der Waals surface area contributed by atoms with Gasteiger partial charge >= 0.3 is 17.9 Å². The average Bonchev–Trinajstić information content (AvgIpc) is 3.28. The van der Waals surface area contributed by atoms with E-state index in [1.54, 1.807) is 0 Å². The summed E-state index contributed by atoms with van der Waals surface area (Å²) in [6, 6.07) is 0. The molecule has 0 aliphatic carbocycles. The summed E-state index contributed by atoms with van der Waals surface area (Å²) in [7, 11) is 0. The number of hydrogen-bond donors (Lipinski definition) is 0. The fourth-order valence-corrected chi connectivity index (χ4v) is 7.69. The topological polar surface area (TPSA) is 78.9 Å². The molecular weight excluding hydrogens is 781 g/mol. The lowest BCUT2D eigenvalue weighted by molar-refractivity contribution is -0.167. The van der Waals surface area contributed by atoms with Gasteiger partial charge in [0.05, 0.1) is 0 Å². The summed E-state index contributed by atoms with van der Waals surface area (Å²) in [4.78, 5) is 38.0. The molecule has 0 aliphatic rings. The number of rotatable bonds is 49. The molecule has 1 atom stereocenters. The first-order chi connectivity index (χ1) is 31.0. The van der Waals surface area contributed by atoms with Crippen LogP contribution in [0.15, 0.2) is 48.6 Å². The number of unbranched alkanes of at least 4 members (excludes halogenated alkanes) is 30. The highest BCUT2D eigenvalue weighted by Crippen LogP contribution is 2.15. The molecule has 0 spiro atoms. The van der Waals surface area contributed by atoms with Crippen LogP contribution >= 0.6 is 0 Å². The van der Waals surface area contributed by atoms with Gasteiger partial charge in [0.25, 0.3) is 0 Å². The number of esters is 3. The van der Waals surface area contributed by atoms with Crippen molar-refractivity contribution in [1.82, 2.24) is 0 Å². The summed E-state index contributed by atoms with van der Waals surface area (Å²) >= 11 is 0. The Balaban J connectivity index is 4.39. The third-order valence-electron chi connectivity index (χ3n) is 11.8. The molecule has 0 heterocycles.